The molecule has 0 bridgehead atoms. The van der Waals surface area contributed by atoms with Gasteiger partial charge in [-0.3, -0.25) is 9.59 Å². The molecule has 1 aliphatic rings. The van der Waals surface area contributed by atoms with Crippen LogP contribution in [0.3, 0.4) is 0 Å². The molecule has 1 rings (SSSR count). The van der Waals surface area contributed by atoms with E-state index in [1.807, 2.05) is 0 Å². The third-order valence-corrected chi connectivity index (χ3v) is 6.49. The molecule has 0 aromatic heterocycles. The van der Waals surface area contributed by atoms with E-state index in [2.05, 4.69) is 16.0 Å². The van der Waals surface area contributed by atoms with Gasteiger partial charge in [0.05, 0.1) is 78.2 Å². The van der Waals surface area contributed by atoms with E-state index in [0.717, 1.165) is 19.3 Å². The summed E-state index contributed by atoms with van der Waals surface area (Å²) in [6.07, 6.45) is 1.00. The number of hydrogen-bond acceptors (Lipinski definition) is 13. The molecule has 274 valence electrons. The second-order valence-corrected chi connectivity index (χ2v) is 11.7. The van der Waals surface area contributed by atoms with Crippen LogP contribution in [0.2, 0.25) is 0 Å². The predicted molar refractivity (Wildman–Crippen MR) is 166 cm³/mol. The van der Waals surface area contributed by atoms with Crippen LogP contribution in [0, 0.1) is 0 Å². The molecular weight excluding hydrogens is 626 g/mol. The van der Waals surface area contributed by atoms with E-state index >= 15 is 0 Å². The molecule has 47 heavy (non-hydrogen) atoms. The van der Waals surface area contributed by atoms with Crippen LogP contribution < -0.4 is 16.0 Å². The normalized spacial score (nSPS) is 19.6. The van der Waals surface area contributed by atoms with Crippen molar-refractivity contribution in [1.82, 2.24) is 16.0 Å². The van der Waals surface area contributed by atoms with Crippen molar-refractivity contribution in [2.75, 3.05) is 85.8 Å². The number of aliphatic hydroxyl groups excluding tert-OH is 2. The number of aliphatic hydroxyl groups is 2. The van der Waals surface area contributed by atoms with E-state index in [1.54, 1.807) is 20.8 Å². The highest BCUT2D eigenvalue weighted by molar-refractivity contribution is 5.78. The highest BCUT2D eigenvalue weighted by atomic mass is 16.7. The summed E-state index contributed by atoms with van der Waals surface area (Å²) >= 11 is 0. The van der Waals surface area contributed by atoms with Gasteiger partial charge in [-0.1, -0.05) is 12.8 Å². The fraction of sp³-hybridized carbons (Fsp3) is 0.867. The molecule has 3 unspecified atom stereocenters. The van der Waals surface area contributed by atoms with E-state index in [0.29, 0.717) is 65.8 Å². The molecule has 0 radical (unpaired) electrons. The molecule has 17 heteroatoms. The van der Waals surface area contributed by atoms with Gasteiger partial charge in [0, 0.05) is 25.9 Å². The minimum atomic E-state index is -2.00. The zero-order chi connectivity index (χ0) is 35.0. The Bertz CT molecular complexity index is 904. The molecule has 0 aliphatic carbocycles. The van der Waals surface area contributed by atoms with Gasteiger partial charge < -0.3 is 64.4 Å². The lowest BCUT2D eigenvalue weighted by Gasteiger charge is -2.39. The van der Waals surface area contributed by atoms with Crippen LogP contribution in [0.1, 0.15) is 59.3 Å². The molecule has 0 saturated carbocycles. The van der Waals surface area contributed by atoms with Crippen molar-refractivity contribution < 1.29 is 67.7 Å². The molecule has 1 saturated heterocycles. The van der Waals surface area contributed by atoms with Gasteiger partial charge in [0.1, 0.15) is 12.2 Å². The number of carboxylic acids is 1. The van der Waals surface area contributed by atoms with Crippen LogP contribution >= 0.6 is 0 Å². The Kier molecular flexibility index (Phi) is 22.1. The number of hydrogen-bond donors (Lipinski definition) is 6. The average molecular weight is 682 g/mol. The number of ether oxygens (including phenoxy) is 7. The second kappa shape index (κ2) is 24.5. The molecule has 3 atom stereocenters. The quantitative estimate of drug-likeness (QED) is 0.0645. The number of alkyl carbamates (subject to hydrolysis) is 1. The third kappa shape index (κ3) is 21.1. The minimum absolute atomic E-state index is 0.0973. The summed E-state index contributed by atoms with van der Waals surface area (Å²) in [5.41, 5.74) is -0.537. The molecule has 1 fully saturated rings. The molecule has 6 N–H and O–H groups in total. The summed E-state index contributed by atoms with van der Waals surface area (Å²) in [5, 5.41) is 36.5. The van der Waals surface area contributed by atoms with Crippen LogP contribution in [0.15, 0.2) is 0 Å². The fourth-order valence-electron chi connectivity index (χ4n) is 4.11. The lowest BCUT2D eigenvalue weighted by Crippen LogP contribution is -2.60. The van der Waals surface area contributed by atoms with E-state index in [-0.39, 0.29) is 38.6 Å². The summed E-state index contributed by atoms with van der Waals surface area (Å²) in [4.78, 5) is 46.5. The molecule has 17 nitrogen and oxygen atoms in total. The molecule has 0 aromatic carbocycles. The zero-order valence-corrected chi connectivity index (χ0v) is 27.9. The maximum Gasteiger partial charge on any atom is 0.407 e. The standard InChI is InChI=1S/C30H55N3O14/c1-29(2,3)47-28(40)32-10-13-42-15-17-44-19-18-43-16-14-41-12-8-25(36)31-9-6-4-5-7-11-45-30(27(38)39)20-24(35)23(22-46-30)33-26(37)21-34/h23-24,34-35H,4-22H2,1-3H3,(H,31,36)(H,32,40)(H,33,37)(H,38,39). The summed E-state index contributed by atoms with van der Waals surface area (Å²) in [6.45, 7) is 8.30. The highest BCUT2D eigenvalue weighted by Crippen LogP contribution is 2.28. The first-order chi connectivity index (χ1) is 22.4. The van der Waals surface area contributed by atoms with Crippen molar-refractivity contribution in [3.05, 3.63) is 0 Å². The smallest absolute Gasteiger partial charge is 0.407 e. The molecule has 1 heterocycles. The first-order valence-corrected chi connectivity index (χ1v) is 16.0. The van der Waals surface area contributed by atoms with Gasteiger partial charge in [0.25, 0.3) is 5.79 Å². The van der Waals surface area contributed by atoms with Gasteiger partial charge in [0.15, 0.2) is 0 Å². The van der Waals surface area contributed by atoms with Gasteiger partial charge in [-0.15, -0.1) is 0 Å². The first-order valence-electron chi connectivity index (χ1n) is 16.0. The van der Waals surface area contributed by atoms with Crippen molar-refractivity contribution in [3.63, 3.8) is 0 Å². The van der Waals surface area contributed by atoms with Crippen molar-refractivity contribution in [1.29, 1.82) is 0 Å². The predicted octanol–water partition coefficient (Wildman–Crippen LogP) is -0.300. The maximum absolute atomic E-state index is 12.0. The van der Waals surface area contributed by atoms with Gasteiger partial charge in [-0.05, 0) is 33.6 Å². The highest BCUT2D eigenvalue weighted by Gasteiger charge is 2.49. The number of aliphatic carboxylic acids is 1. The van der Waals surface area contributed by atoms with Crippen molar-refractivity contribution in [2.24, 2.45) is 0 Å². The number of carboxylic acid groups (broad SMARTS) is 1. The summed E-state index contributed by atoms with van der Waals surface area (Å²) in [5.74, 6) is -4.18. The summed E-state index contributed by atoms with van der Waals surface area (Å²) in [7, 11) is 0. The van der Waals surface area contributed by atoms with Gasteiger partial charge in [-0.25, -0.2) is 9.59 Å². The number of carbonyl (C=O) groups is 4. The van der Waals surface area contributed by atoms with Crippen LogP contribution in [0.25, 0.3) is 0 Å². The van der Waals surface area contributed by atoms with Crippen molar-refractivity contribution in [2.45, 2.75) is 82.8 Å². The van der Waals surface area contributed by atoms with Crippen molar-refractivity contribution >= 4 is 23.9 Å². The number of amides is 3. The van der Waals surface area contributed by atoms with Gasteiger partial charge in [0.2, 0.25) is 11.8 Å². The summed E-state index contributed by atoms with van der Waals surface area (Å²) in [6, 6.07) is -0.842. The number of nitrogens with one attached hydrogen (secondary N) is 3. The Morgan fingerprint density at radius 3 is 1.96 bits per heavy atom. The number of unbranched alkanes of at least 4 members (excludes halogenated alkanes) is 3. The minimum Gasteiger partial charge on any atom is -0.477 e. The monoisotopic (exact) mass is 681 g/mol. The summed E-state index contributed by atoms with van der Waals surface area (Å²) < 4.78 is 37.6. The van der Waals surface area contributed by atoms with Crippen molar-refractivity contribution in [3.8, 4) is 0 Å². The molecule has 0 spiro atoms. The number of carbonyl (C=O) groups excluding carboxylic acids is 3. The maximum atomic E-state index is 12.0. The van der Waals surface area contributed by atoms with Gasteiger partial charge in [-0.2, -0.15) is 0 Å². The van der Waals surface area contributed by atoms with E-state index < -0.39 is 48.1 Å². The van der Waals surface area contributed by atoms with Crippen LogP contribution in [0.5, 0.6) is 0 Å². The molecular formula is C30H55N3O14. The third-order valence-electron chi connectivity index (χ3n) is 6.49. The zero-order valence-electron chi connectivity index (χ0n) is 27.9. The lowest BCUT2D eigenvalue weighted by atomic mass is 9.98. The Balaban J connectivity index is 1.91. The van der Waals surface area contributed by atoms with Gasteiger partial charge >= 0.3 is 12.1 Å². The van der Waals surface area contributed by atoms with Crippen LogP contribution in [-0.2, 0) is 47.5 Å². The Morgan fingerprint density at radius 2 is 1.38 bits per heavy atom. The Labute approximate surface area is 276 Å². The van der Waals surface area contributed by atoms with Crippen LogP contribution in [0.4, 0.5) is 4.79 Å². The number of rotatable bonds is 26. The largest absolute Gasteiger partial charge is 0.477 e. The second-order valence-electron chi connectivity index (χ2n) is 11.7. The van der Waals surface area contributed by atoms with E-state index in [4.69, 9.17) is 38.3 Å². The molecule has 3 amide bonds. The molecule has 0 aromatic rings. The van der Waals surface area contributed by atoms with Crippen LogP contribution in [-0.4, -0.2) is 148 Å². The Hall–Kier alpha value is -2.64. The molecule has 1 aliphatic heterocycles. The first kappa shape index (κ1) is 42.4. The Morgan fingerprint density at radius 1 is 0.787 bits per heavy atom. The topological polar surface area (TPSA) is 230 Å². The SMILES string of the molecule is CC(C)(C)OC(=O)NCCOCCOCCOCCOCCC(=O)NCCCCCCOC1(C(=O)O)CC(O)C(NC(=O)CO)CO1. The van der Waals surface area contributed by atoms with E-state index in [9.17, 15) is 29.4 Å². The fourth-order valence-corrected chi connectivity index (χ4v) is 4.11. The lowest BCUT2D eigenvalue weighted by molar-refractivity contribution is -0.274. The van der Waals surface area contributed by atoms with E-state index in [1.165, 1.54) is 0 Å². The average Bonchev–Trinajstić information content (AvgIpc) is 3.00.